The lowest BCUT2D eigenvalue weighted by molar-refractivity contribution is 0.0924. The Balaban J connectivity index is 2.13. The Kier molecular flexibility index (Phi) is 2.84. The molecule has 2 heterocycles. The average Bonchev–Trinajstić information content (AvgIpc) is 2.85. The molecule has 1 saturated heterocycles. The second kappa shape index (κ2) is 4.11. The third kappa shape index (κ3) is 1.67. The van der Waals surface area contributed by atoms with Crippen LogP contribution in [0.25, 0.3) is 0 Å². The SMILES string of the molecule is CCn1cc([C@H]2OCC[C@H]2CN)cn1. The molecule has 2 atom stereocenters. The van der Waals surface area contributed by atoms with E-state index in [-0.39, 0.29) is 6.10 Å². The van der Waals surface area contributed by atoms with Gasteiger partial charge in [0, 0.05) is 30.8 Å². The van der Waals surface area contributed by atoms with Crippen molar-refractivity contribution in [2.75, 3.05) is 13.2 Å². The first kappa shape index (κ1) is 9.68. The zero-order valence-corrected chi connectivity index (χ0v) is 8.52. The van der Waals surface area contributed by atoms with Crippen LogP contribution >= 0.6 is 0 Å². The monoisotopic (exact) mass is 195 g/mol. The lowest BCUT2D eigenvalue weighted by Gasteiger charge is -2.14. The van der Waals surface area contributed by atoms with E-state index in [1.165, 1.54) is 5.56 Å². The highest BCUT2D eigenvalue weighted by Crippen LogP contribution is 2.33. The molecule has 0 spiro atoms. The van der Waals surface area contributed by atoms with Crippen molar-refractivity contribution in [3.05, 3.63) is 18.0 Å². The third-order valence-electron chi connectivity index (χ3n) is 2.82. The maximum Gasteiger partial charge on any atom is 0.0896 e. The van der Waals surface area contributed by atoms with Gasteiger partial charge in [-0.15, -0.1) is 0 Å². The van der Waals surface area contributed by atoms with Gasteiger partial charge in [-0.25, -0.2) is 0 Å². The van der Waals surface area contributed by atoms with Gasteiger partial charge in [0.15, 0.2) is 0 Å². The highest BCUT2D eigenvalue weighted by molar-refractivity contribution is 5.11. The van der Waals surface area contributed by atoms with Crippen LogP contribution in [0.1, 0.15) is 25.0 Å². The second-order valence-electron chi connectivity index (χ2n) is 3.71. The number of ether oxygens (including phenoxy) is 1. The summed E-state index contributed by atoms with van der Waals surface area (Å²) < 4.78 is 7.59. The molecule has 78 valence electrons. The van der Waals surface area contributed by atoms with Crippen LogP contribution in [0, 0.1) is 5.92 Å². The Morgan fingerprint density at radius 3 is 3.21 bits per heavy atom. The normalized spacial score (nSPS) is 27.0. The molecular weight excluding hydrogens is 178 g/mol. The van der Waals surface area contributed by atoms with Crippen LogP contribution in [0.4, 0.5) is 0 Å². The summed E-state index contributed by atoms with van der Waals surface area (Å²) >= 11 is 0. The summed E-state index contributed by atoms with van der Waals surface area (Å²) in [6.07, 6.45) is 5.18. The van der Waals surface area contributed by atoms with Crippen molar-refractivity contribution in [2.24, 2.45) is 11.7 Å². The lowest BCUT2D eigenvalue weighted by Crippen LogP contribution is -2.17. The average molecular weight is 195 g/mol. The van der Waals surface area contributed by atoms with E-state index in [0.29, 0.717) is 12.5 Å². The first-order chi connectivity index (χ1) is 6.85. The molecule has 0 radical (unpaired) electrons. The molecule has 14 heavy (non-hydrogen) atoms. The standard InChI is InChI=1S/C10H17N3O/c1-2-13-7-9(6-12-13)10-8(5-11)3-4-14-10/h6-8,10H,2-5,11H2,1H3/t8-,10-/m0/s1. The van der Waals surface area contributed by atoms with Gasteiger partial charge in [0.05, 0.1) is 12.3 Å². The van der Waals surface area contributed by atoms with Crippen molar-refractivity contribution in [3.63, 3.8) is 0 Å². The highest BCUT2D eigenvalue weighted by atomic mass is 16.5. The van der Waals surface area contributed by atoms with E-state index in [2.05, 4.69) is 18.2 Å². The van der Waals surface area contributed by atoms with Gasteiger partial charge in [-0.3, -0.25) is 4.68 Å². The van der Waals surface area contributed by atoms with E-state index in [1.807, 2.05) is 10.9 Å². The fourth-order valence-electron chi connectivity index (χ4n) is 1.94. The van der Waals surface area contributed by atoms with E-state index >= 15 is 0 Å². The van der Waals surface area contributed by atoms with Crippen LogP contribution in [0.3, 0.4) is 0 Å². The van der Waals surface area contributed by atoms with Crippen LogP contribution in [0.5, 0.6) is 0 Å². The zero-order valence-electron chi connectivity index (χ0n) is 8.52. The van der Waals surface area contributed by atoms with E-state index in [0.717, 1.165) is 19.6 Å². The molecule has 1 aliphatic rings. The van der Waals surface area contributed by atoms with Gasteiger partial charge in [0.25, 0.3) is 0 Å². The Labute approximate surface area is 84.0 Å². The molecule has 1 fully saturated rings. The molecule has 0 bridgehead atoms. The number of nitrogens with zero attached hydrogens (tertiary/aromatic N) is 2. The fraction of sp³-hybridized carbons (Fsp3) is 0.700. The van der Waals surface area contributed by atoms with Crippen molar-refractivity contribution in [2.45, 2.75) is 26.0 Å². The van der Waals surface area contributed by atoms with Crippen molar-refractivity contribution in [1.29, 1.82) is 0 Å². The second-order valence-corrected chi connectivity index (χ2v) is 3.71. The van der Waals surface area contributed by atoms with E-state index in [9.17, 15) is 0 Å². The molecule has 1 aromatic rings. The van der Waals surface area contributed by atoms with Crippen LogP contribution in [-0.2, 0) is 11.3 Å². The number of hydrogen-bond acceptors (Lipinski definition) is 3. The van der Waals surface area contributed by atoms with Crippen molar-refractivity contribution in [1.82, 2.24) is 9.78 Å². The number of rotatable bonds is 3. The quantitative estimate of drug-likeness (QED) is 0.781. The smallest absolute Gasteiger partial charge is 0.0896 e. The predicted molar refractivity (Wildman–Crippen MR) is 53.8 cm³/mol. The molecule has 1 aromatic heterocycles. The summed E-state index contributed by atoms with van der Waals surface area (Å²) in [6.45, 7) is 4.50. The summed E-state index contributed by atoms with van der Waals surface area (Å²) in [6, 6.07) is 0. The zero-order chi connectivity index (χ0) is 9.97. The van der Waals surface area contributed by atoms with Gasteiger partial charge in [-0.05, 0) is 19.9 Å². The van der Waals surface area contributed by atoms with E-state index in [4.69, 9.17) is 10.5 Å². The van der Waals surface area contributed by atoms with Crippen LogP contribution < -0.4 is 5.73 Å². The van der Waals surface area contributed by atoms with E-state index < -0.39 is 0 Å². The molecule has 0 amide bonds. The minimum absolute atomic E-state index is 0.167. The summed E-state index contributed by atoms with van der Waals surface area (Å²) in [5.41, 5.74) is 6.86. The van der Waals surface area contributed by atoms with Gasteiger partial charge in [-0.1, -0.05) is 0 Å². The summed E-state index contributed by atoms with van der Waals surface area (Å²) in [5, 5.41) is 4.24. The van der Waals surface area contributed by atoms with Crippen molar-refractivity contribution < 1.29 is 4.74 Å². The molecule has 2 N–H and O–H groups in total. The largest absolute Gasteiger partial charge is 0.373 e. The molecule has 4 nitrogen and oxygen atoms in total. The lowest BCUT2D eigenvalue weighted by atomic mass is 9.98. The molecule has 2 rings (SSSR count). The predicted octanol–water partition coefficient (Wildman–Crippen LogP) is 0.939. The topological polar surface area (TPSA) is 53.1 Å². The Morgan fingerprint density at radius 1 is 1.71 bits per heavy atom. The third-order valence-corrected chi connectivity index (χ3v) is 2.82. The summed E-state index contributed by atoms with van der Waals surface area (Å²) in [5.74, 6) is 0.463. The van der Waals surface area contributed by atoms with Crippen molar-refractivity contribution >= 4 is 0 Å². The molecular formula is C10H17N3O. The molecule has 0 saturated carbocycles. The Bertz CT molecular complexity index is 297. The van der Waals surface area contributed by atoms with Crippen molar-refractivity contribution in [3.8, 4) is 0 Å². The number of aryl methyl sites for hydroxylation is 1. The molecule has 0 aromatic carbocycles. The highest BCUT2D eigenvalue weighted by Gasteiger charge is 2.29. The summed E-state index contributed by atoms with van der Waals surface area (Å²) in [7, 11) is 0. The van der Waals surface area contributed by atoms with Crippen LogP contribution in [0.2, 0.25) is 0 Å². The number of nitrogens with two attached hydrogens (primary N) is 1. The maximum atomic E-state index is 5.69. The van der Waals surface area contributed by atoms with Gasteiger partial charge >= 0.3 is 0 Å². The minimum atomic E-state index is 0.167. The summed E-state index contributed by atoms with van der Waals surface area (Å²) in [4.78, 5) is 0. The molecule has 4 heteroatoms. The van der Waals surface area contributed by atoms with Gasteiger partial charge in [-0.2, -0.15) is 5.10 Å². The molecule has 1 aliphatic heterocycles. The van der Waals surface area contributed by atoms with E-state index in [1.54, 1.807) is 0 Å². The molecule has 0 unspecified atom stereocenters. The Hall–Kier alpha value is -0.870. The van der Waals surface area contributed by atoms with Gasteiger partial charge in [0.2, 0.25) is 0 Å². The maximum absolute atomic E-state index is 5.69. The number of aromatic nitrogens is 2. The first-order valence-electron chi connectivity index (χ1n) is 5.19. The van der Waals surface area contributed by atoms with Crippen LogP contribution in [-0.4, -0.2) is 22.9 Å². The molecule has 0 aliphatic carbocycles. The number of hydrogen-bond donors (Lipinski definition) is 1. The Morgan fingerprint density at radius 2 is 2.57 bits per heavy atom. The minimum Gasteiger partial charge on any atom is -0.373 e. The van der Waals surface area contributed by atoms with Gasteiger partial charge in [0.1, 0.15) is 0 Å². The van der Waals surface area contributed by atoms with Crippen LogP contribution in [0.15, 0.2) is 12.4 Å². The first-order valence-corrected chi connectivity index (χ1v) is 5.19. The van der Waals surface area contributed by atoms with Gasteiger partial charge < -0.3 is 10.5 Å². The fourth-order valence-corrected chi connectivity index (χ4v) is 1.94.